The molecule has 4 nitrogen and oxygen atoms in total. The molecule has 0 aliphatic rings. The highest BCUT2D eigenvalue weighted by Gasteiger charge is 2.11. The molecule has 0 atom stereocenters. The summed E-state index contributed by atoms with van der Waals surface area (Å²) < 4.78 is 6.50. The van der Waals surface area contributed by atoms with E-state index in [9.17, 15) is 4.79 Å². The summed E-state index contributed by atoms with van der Waals surface area (Å²) in [5.41, 5.74) is 2.63. The summed E-state index contributed by atoms with van der Waals surface area (Å²) in [5.74, 6) is 0.0209. The number of nitrogens with one attached hydrogen (secondary N) is 1. The molecule has 2 aromatic rings. The maximum atomic E-state index is 11.4. The van der Waals surface area contributed by atoms with Gasteiger partial charge in [-0.1, -0.05) is 10.7 Å². The van der Waals surface area contributed by atoms with Crippen molar-refractivity contribution < 1.29 is 13.9 Å². The van der Waals surface area contributed by atoms with Gasteiger partial charge in [0.15, 0.2) is 18.2 Å². The summed E-state index contributed by atoms with van der Waals surface area (Å²) in [6.07, 6.45) is 4.94. The number of carbonyl (C=O) groups is 1. The number of hydrogen-bond donors (Lipinski definition) is 1. The van der Waals surface area contributed by atoms with Gasteiger partial charge >= 0.3 is 5.91 Å². The van der Waals surface area contributed by atoms with Crippen LogP contribution in [0, 0.1) is 0 Å². The highest BCUT2D eigenvalue weighted by molar-refractivity contribution is 5.96. The fraction of sp³-hybridized carbons (Fsp3) is 0. The Labute approximate surface area is 80.8 Å². The Morgan fingerprint density at radius 3 is 2.64 bits per heavy atom. The molecule has 0 saturated heterocycles. The molecule has 70 valence electrons. The second-order valence-electron chi connectivity index (χ2n) is 2.70. The lowest BCUT2D eigenvalue weighted by molar-refractivity contribution is -0.641. The number of furan rings is 1. The third-order valence-corrected chi connectivity index (χ3v) is 1.69. The Hall–Kier alpha value is -2.10. The van der Waals surface area contributed by atoms with Crippen molar-refractivity contribution in [3.8, 4) is 0 Å². The Morgan fingerprint density at radius 1 is 1.21 bits per heavy atom. The van der Waals surface area contributed by atoms with Gasteiger partial charge in [-0.25, -0.2) is 0 Å². The van der Waals surface area contributed by atoms with E-state index in [0.717, 1.165) is 0 Å². The number of pyridine rings is 1. The Balaban J connectivity index is 2.10. The first-order valence-electron chi connectivity index (χ1n) is 4.17. The fourth-order valence-electron chi connectivity index (χ4n) is 1.05. The molecule has 0 aliphatic heterocycles. The molecule has 0 bridgehead atoms. The molecule has 14 heavy (non-hydrogen) atoms. The Bertz CT molecular complexity index is 409. The summed E-state index contributed by atoms with van der Waals surface area (Å²) >= 11 is 0. The van der Waals surface area contributed by atoms with Crippen LogP contribution in [0.15, 0.2) is 53.4 Å². The van der Waals surface area contributed by atoms with Gasteiger partial charge in [-0.2, -0.15) is 0 Å². The Kier molecular flexibility index (Phi) is 2.27. The third-order valence-electron chi connectivity index (χ3n) is 1.69. The lowest BCUT2D eigenvalue weighted by Gasteiger charge is -1.94. The van der Waals surface area contributed by atoms with Crippen LogP contribution >= 0.6 is 0 Å². The number of amides is 1. The zero-order valence-corrected chi connectivity index (χ0v) is 7.38. The smallest absolute Gasteiger partial charge is 0.340 e. The average molecular weight is 189 g/mol. The largest absolute Gasteiger partial charge is 0.459 e. The minimum Gasteiger partial charge on any atom is -0.459 e. The molecule has 4 heteroatoms. The van der Waals surface area contributed by atoms with E-state index < -0.39 is 0 Å². The molecule has 0 saturated carbocycles. The molecule has 1 N–H and O–H groups in total. The molecule has 0 spiro atoms. The van der Waals surface area contributed by atoms with Crippen LogP contribution < -0.4 is 10.1 Å². The van der Waals surface area contributed by atoms with Gasteiger partial charge in [-0.05, 0) is 12.1 Å². The van der Waals surface area contributed by atoms with Crippen molar-refractivity contribution in [2.75, 3.05) is 5.43 Å². The van der Waals surface area contributed by atoms with Crippen molar-refractivity contribution in [3.63, 3.8) is 0 Å². The van der Waals surface area contributed by atoms with Crippen LogP contribution in [0.5, 0.6) is 0 Å². The van der Waals surface area contributed by atoms with E-state index in [4.69, 9.17) is 4.42 Å². The Morgan fingerprint density at radius 2 is 2.00 bits per heavy atom. The van der Waals surface area contributed by atoms with Crippen LogP contribution in [0.4, 0.5) is 0 Å². The highest BCUT2D eigenvalue weighted by Crippen LogP contribution is 1.98. The van der Waals surface area contributed by atoms with E-state index in [1.807, 2.05) is 18.2 Å². The van der Waals surface area contributed by atoms with Gasteiger partial charge in [0.1, 0.15) is 0 Å². The first kappa shape index (κ1) is 8.50. The molecule has 2 heterocycles. The van der Waals surface area contributed by atoms with Crippen LogP contribution in [-0.4, -0.2) is 5.91 Å². The second kappa shape index (κ2) is 3.74. The lowest BCUT2D eigenvalue weighted by Crippen LogP contribution is -2.47. The van der Waals surface area contributed by atoms with Gasteiger partial charge in [0.2, 0.25) is 0 Å². The molecule has 0 unspecified atom stereocenters. The van der Waals surface area contributed by atoms with Crippen molar-refractivity contribution in [1.29, 1.82) is 0 Å². The maximum absolute atomic E-state index is 11.4. The minimum absolute atomic E-state index is 0.272. The predicted octanol–water partition coefficient (Wildman–Crippen LogP) is 0.951. The van der Waals surface area contributed by atoms with Gasteiger partial charge < -0.3 is 4.42 Å². The predicted molar refractivity (Wildman–Crippen MR) is 49.0 cm³/mol. The quantitative estimate of drug-likeness (QED) is 0.715. The molecular formula is C10H9N2O2+. The summed E-state index contributed by atoms with van der Waals surface area (Å²) in [6.45, 7) is 0. The van der Waals surface area contributed by atoms with Crippen LogP contribution in [-0.2, 0) is 0 Å². The van der Waals surface area contributed by atoms with Gasteiger partial charge in [0.25, 0.3) is 0 Å². The number of nitrogens with zero attached hydrogens (tertiary/aromatic N) is 1. The first-order chi connectivity index (χ1) is 6.86. The molecule has 2 rings (SSSR count). The lowest BCUT2D eigenvalue weighted by atomic mass is 10.4. The third kappa shape index (κ3) is 1.80. The number of aromatic nitrogens is 1. The summed E-state index contributed by atoms with van der Waals surface area (Å²) in [7, 11) is 0. The van der Waals surface area contributed by atoms with E-state index in [0.29, 0.717) is 5.76 Å². The van der Waals surface area contributed by atoms with E-state index in [1.54, 1.807) is 29.2 Å². The zero-order valence-electron chi connectivity index (χ0n) is 7.38. The molecule has 0 aromatic carbocycles. The summed E-state index contributed by atoms with van der Waals surface area (Å²) in [4.78, 5) is 11.4. The van der Waals surface area contributed by atoms with E-state index >= 15 is 0 Å². The van der Waals surface area contributed by atoms with Crippen molar-refractivity contribution in [1.82, 2.24) is 0 Å². The van der Waals surface area contributed by atoms with Gasteiger partial charge in [-0.3, -0.25) is 4.79 Å². The SMILES string of the molecule is O=C(N[n+]1ccccc1)c1ccco1. The van der Waals surface area contributed by atoms with Crippen molar-refractivity contribution in [2.24, 2.45) is 0 Å². The maximum Gasteiger partial charge on any atom is 0.340 e. The standard InChI is InChI=1S/C10H8N2O2/c13-10(9-5-4-8-14-9)11-12-6-2-1-3-7-12/h1-8H/p+1. The molecule has 0 aliphatic carbocycles. The van der Waals surface area contributed by atoms with Crippen LogP contribution in [0.2, 0.25) is 0 Å². The van der Waals surface area contributed by atoms with Crippen molar-refractivity contribution in [3.05, 3.63) is 54.7 Å². The van der Waals surface area contributed by atoms with Gasteiger partial charge in [0.05, 0.1) is 6.26 Å². The molecule has 1 amide bonds. The van der Waals surface area contributed by atoms with E-state index in [-0.39, 0.29) is 5.91 Å². The summed E-state index contributed by atoms with van der Waals surface area (Å²) in [6, 6.07) is 8.80. The highest BCUT2D eigenvalue weighted by atomic mass is 16.3. The number of rotatable bonds is 2. The number of carbonyl (C=O) groups excluding carboxylic acids is 1. The topological polar surface area (TPSA) is 46.1 Å². The van der Waals surface area contributed by atoms with Crippen molar-refractivity contribution >= 4 is 5.91 Å². The van der Waals surface area contributed by atoms with Crippen LogP contribution in [0.1, 0.15) is 10.6 Å². The molecule has 0 radical (unpaired) electrons. The monoisotopic (exact) mass is 189 g/mol. The van der Waals surface area contributed by atoms with Crippen molar-refractivity contribution in [2.45, 2.75) is 0 Å². The average Bonchev–Trinajstić information content (AvgIpc) is 2.72. The van der Waals surface area contributed by atoms with Crippen LogP contribution in [0.3, 0.4) is 0 Å². The van der Waals surface area contributed by atoms with E-state index in [2.05, 4.69) is 5.43 Å². The normalized spacial score (nSPS) is 9.71. The fourth-order valence-corrected chi connectivity index (χ4v) is 1.05. The molecule has 0 fully saturated rings. The zero-order chi connectivity index (χ0) is 9.80. The van der Waals surface area contributed by atoms with E-state index in [1.165, 1.54) is 6.26 Å². The first-order valence-corrected chi connectivity index (χ1v) is 4.17. The van der Waals surface area contributed by atoms with Gasteiger partial charge in [0, 0.05) is 12.1 Å². The number of hydrogen-bond acceptors (Lipinski definition) is 2. The second-order valence-corrected chi connectivity index (χ2v) is 2.70. The van der Waals surface area contributed by atoms with Crippen LogP contribution in [0.25, 0.3) is 0 Å². The molecule has 2 aromatic heterocycles. The molecular weight excluding hydrogens is 180 g/mol. The summed E-state index contributed by atoms with van der Waals surface area (Å²) in [5, 5.41) is 0. The van der Waals surface area contributed by atoms with Gasteiger partial charge in [-0.15, -0.1) is 5.43 Å². The minimum atomic E-state index is -0.272.